The van der Waals surface area contributed by atoms with Crippen molar-refractivity contribution in [1.82, 2.24) is 4.57 Å². The van der Waals surface area contributed by atoms with E-state index in [-0.39, 0.29) is 27.7 Å². The van der Waals surface area contributed by atoms with E-state index in [0.717, 1.165) is 12.1 Å². The number of benzene rings is 2. The standard InChI is InChI=1S/C22H21F2NO4/c1-11(2)22(4,21(28)29)18-12(3)25(15-8-9-16(26)19(24)17(15)18)20(27)13-6-5-7-14(23)10-13/h5-11,26H,1-4H3,(H,28,29)/t22-/m1/s1. The molecule has 0 saturated heterocycles. The second kappa shape index (κ2) is 6.99. The number of halogens is 2. The Morgan fingerprint density at radius 1 is 1.14 bits per heavy atom. The Balaban J connectivity index is 2.46. The van der Waals surface area contributed by atoms with Gasteiger partial charge in [0, 0.05) is 22.2 Å². The summed E-state index contributed by atoms with van der Waals surface area (Å²) in [5, 5.41) is 19.8. The maximum Gasteiger partial charge on any atom is 0.314 e. The number of phenolic OH excluding ortho intramolecular Hbond substituents is 1. The highest BCUT2D eigenvalue weighted by atomic mass is 19.1. The number of phenols is 1. The molecule has 152 valence electrons. The highest BCUT2D eigenvalue weighted by Gasteiger charge is 2.44. The zero-order valence-corrected chi connectivity index (χ0v) is 16.5. The zero-order chi connectivity index (χ0) is 21.7. The van der Waals surface area contributed by atoms with Gasteiger partial charge < -0.3 is 10.2 Å². The van der Waals surface area contributed by atoms with Crippen LogP contribution in [0.25, 0.3) is 10.9 Å². The van der Waals surface area contributed by atoms with E-state index in [1.54, 1.807) is 13.8 Å². The predicted molar refractivity (Wildman–Crippen MR) is 104 cm³/mol. The fourth-order valence-corrected chi connectivity index (χ4v) is 3.74. The summed E-state index contributed by atoms with van der Waals surface area (Å²) in [5.74, 6) is -4.52. The molecule has 1 aromatic heterocycles. The molecule has 29 heavy (non-hydrogen) atoms. The minimum absolute atomic E-state index is 0.0339. The number of carboxylic acid groups (broad SMARTS) is 1. The first-order chi connectivity index (χ1) is 13.5. The highest BCUT2D eigenvalue weighted by molar-refractivity contribution is 6.06. The van der Waals surface area contributed by atoms with Crippen molar-refractivity contribution in [1.29, 1.82) is 0 Å². The Hall–Kier alpha value is -3.22. The van der Waals surface area contributed by atoms with E-state index in [1.165, 1.54) is 42.7 Å². The number of carbonyl (C=O) groups is 2. The molecule has 0 radical (unpaired) electrons. The molecule has 0 aliphatic carbocycles. The molecule has 0 saturated carbocycles. The first-order valence-electron chi connectivity index (χ1n) is 9.08. The van der Waals surface area contributed by atoms with E-state index >= 15 is 4.39 Å². The number of carbonyl (C=O) groups excluding carboxylic acids is 1. The van der Waals surface area contributed by atoms with Gasteiger partial charge in [-0.3, -0.25) is 14.2 Å². The van der Waals surface area contributed by atoms with Crippen LogP contribution in [0.1, 0.15) is 42.4 Å². The third-order valence-electron chi connectivity index (χ3n) is 5.68. The quantitative estimate of drug-likeness (QED) is 0.669. The number of nitrogens with zero attached hydrogens (tertiary/aromatic N) is 1. The third kappa shape index (κ3) is 2.97. The molecule has 3 aromatic rings. The van der Waals surface area contributed by atoms with Gasteiger partial charge in [-0.15, -0.1) is 0 Å². The highest BCUT2D eigenvalue weighted by Crippen LogP contribution is 2.43. The molecule has 0 fully saturated rings. The van der Waals surface area contributed by atoms with Gasteiger partial charge in [-0.2, -0.15) is 0 Å². The van der Waals surface area contributed by atoms with Gasteiger partial charge in [0.1, 0.15) is 5.82 Å². The molecule has 0 amide bonds. The average Bonchev–Trinajstić information content (AvgIpc) is 2.96. The molecule has 3 rings (SSSR count). The number of aliphatic carboxylic acids is 1. The van der Waals surface area contributed by atoms with E-state index in [2.05, 4.69) is 0 Å². The summed E-state index contributed by atoms with van der Waals surface area (Å²) >= 11 is 0. The van der Waals surface area contributed by atoms with Gasteiger partial charge >= 0.3 is 5.97 Å². The maximum absolute atomic E-state index is 15.0. The van der Waals surface area contributed by atoms with Gasteiger partial charge in [0.2, 0.25) is 0 Å². The number of hydrogen-bond acceptors (Lipinski definition) is 3. The van der Waals surface area contributed by atoms with Crippen molar-refractivity contribution in [3.63, 3.8) is 0 Å². The first kappa shape index (κ1) is 20.5. The molecule has 0 unspecified atom stereocenters. The van der Waals surface area contributed by atoms with Gasteiger partial charge in [0.25, 0.3) is 5.91 Å². The van der Waals surface area contributed by atoms with Crippen LogP contribution in [0.3, 0.4) is 0 Å². The minimum Gasteiger partial charge on any atom is -0.505 e. The average molecular weight is 401 g/mol. The lowest BCUT2D eigenvalue weighted by molar-refractivity contribution is -0.145. The Morgan fingerprint density at radius 2 is 1.79 bits per heavy atom. The molecule has 1 heterocycles. The molecular formula is C22H21F2NO4. The summed E-state index contributed by atoms with van der Waals surface area (Å²) in [6, 6.07) is 7.51. The molecule has 2 N–H and O–H groups in total. The van der Waals surface area contributed by atoms with Gasteiger partial charge in [-0.05, 0) is 50.1 Å². The van der Waals surface area contributed by atoms with Crippen LogP contribution < -0.4 is 0 Å². The molecule has 1 atom stereocenters. The summed E-state index contributed by atoms with van der Waals surface area (Å²) in [6.07, 6.45) is 0. The maximum atomic E-state index is 15.0. The lowest BCUT2D eigenvalue weighted by Gasteiger charge is -2.30. The van der Waals surface area contributed by atoms with Crippen molar-refractivity contribution < 1.29 is 28.6 Å². The Bertz CT molecular complexity index is 1150. The third-order valence-corrected chi connectivity index (χ3v) is 5.68. The molecule has 5 nitrogen and oxygen atoms in total. The molecule has 0 aliphatic rings. The van der Waals surface area contributed by atoms with Crippen LogP contribution in [0.5, 0.6) is 5.75 Å². The Kier molecular flexibility index (Phi) is 4.94. The van der Waals surface area contributed by atoms with Crippen molar-refractivity contribution in [3.8, 4) is 5.75 Å². The fourth-order valence-electron chi connectivity index (χ4n) is 3.74. The van der Waals surface area contributed by atoms with Gasteiger partial charge in [0.05, 0.1) is 10.9 Å². The zero-order valence-electron chi connectivity index (χ0n) is 16.5. The van der Waals surface area contributed by atoms with Crippen LogP contribution in [0, 0.1) is 24.5 Å². The molecule has 0 bridgehead atoms. The predicted octanol–water partition coefficient (Wildman–Crippen LogP) is 4.62. The van der Waals surface area contributed by atoms with Crippen molar-refractivity contribution >= 4 is 22.8 Å². The summed E-state index contributed by atoms with van der Waals surface area (Å²) in [6.45, 7) is 6.35. The monoisotopic (exact) mass is 401 g/mol. The lowest BCUT2D eigenvalue weighted by Crippen LogP contribution is -2.38. The van der Waals surface area contributed by atoms with Crippen LogP contribution in [0.2, 0.25) is 0 Å². The van der Waals surface area contributed by atoms with E-state index < -0.39 is 40.6 Å². The summed E-state index contributed by atoms with van der Waals surface area (Å²) in [4.78, 5) is 25.4. The van der Waals surface area contributed by atoms with Crippen molar-refractivity contribution in [2.45, 2.75) is 33.1 Å². The smallest absolute Gasteiger partial charge is 0.314 e. The fraction of sp³-hybridized carbons (Fsp3) is 0.273. The van der Waals surface area contributed by atoms with Crippen LogP contribution >= 0.6 is 0 Å². The number of aromatic nitrogens is 1. The minimum atomic E-state index is -1.54. The number of rotatable bonds is 4. The van der Waals surface area contributed by atoms with Gasteiger partial charge in [0.15, 0.2) is 11.6 Å². The van der Waals surface area contributed by atoms with E-state index in [1.807, 2.05) is 0 Å². The molecule has 0 spiro atoms. The van der Waals surface area contributed by atoms with Crippen LogP contribution in [-0.4, -0.2) is 26.7 Å². The van der Waals surface area contributed by atoms with E-state index in [0.29, 0.717) is 0 Å². The van der Waals surface area contributed by atoms with Crippen molar-refractivity contribution in [2.24, 2.45) is 5.92 Å². The first-order valence-corrected chi connectivity index (χ1v) is 9.08. The summed E-state index contributed by atoms with van der Waals surface area (Å²) < 4.78 is 29.8. The van der Waals surface area contributed by atoms with E-state index in [4.69, 9.17) is 0 Å². The Morgan fingerprint density at radius 3 is 2.34 bits per heavy atom. The molecule has 0 aliphatic heterocycles. The summed E-state index contributed by atoms with van der Waals surface area (Å²) in [5.41, 5.74) is -1.07. The van der Waals surface area contributed by atoms with Crippen LogP contribution in [-0.2, 0) is 10.2 Å². The molecule has 2 aromatic carbocycles. The SMILES string of the molecule is Cc1c([C@](C)(C(=O)O)C(C)C)c2c(F)c(O)ccc2n1C(=O)c1cccc(F)c1. The normalized spacial score (nSPS) is 13.6. The molecule has 7 heteroatoms. The van der Waals surface area contributed by atoms with Crippen molar-refractivity contribution in [3.05, 3.63) is 64.9 Å². The van der Waals surface area contributed by atoms with E-state index in [9.17, 15) is 24.2 Å². The number of fused-ring (bicyclic) bond motifs is 1. The van der Waals surface area contributed by atoms with Crippen molar-refractivity contribution in [2.75, 3.05) is 0 Å². The second-order valence-corrected chi connectivity index (χ2v) is 7.57. The number of hydrogen-bond donors (Lipinski definition) is 2. The number of aromatic hydroxyl groups is 1. The topological polar surface area (TPSA) is 79.5 Å². The lowest BCUT2D eigenvalue weighted by atomic mass is 9.72. The Labute approximate surface area is 166 Å². The summed E-state index contributed by atoms with van der Waals surface area (Å²) in [7, 11) is 0. The number of carboxylic acids is 1. The van der Waals surface area contributed by atoms with Crippen LogP contribution in [0.4, 0.5) is 8.78 Å². The second-order valence-electron chi connectivity index (χ2n) is 7.57. The van der Waals surface area contributed by atoms with Gasteiger partial charge in [-0.1, -0.05) is 19.9 Å². The van der Waals surface area contributed by atoms with Gasteiger partial charge in [-0.25, -0.2) is 8.78 Å². The largest absolute Gasteiger partial charge is 0.505 e. The molecular weight excluding hydrogens is 380 g/mol. The van der Waals surface area contributed by atoms with Crippen LogP contribution in [0.15, 0.2) is 36.4 Å².